The van der Waals surface area contributed by atoms with Crippen molar-refractivity contribution in [1.82, 2.24) is 10.2 Å². The molecule has 1 radical (unpaired) electrons. The van der Waals surface area contributed by atoms with Crippen LogP contribution in [0.3, 0.4) is 0 Å². The fourth-order valence-electron chi connectivity index (χ4n) is 1.38. The molecule has 5 heteroatoms. The smallest absolute Gasteiger partial charge is 0.324 e. The number of carbonyl (C=O) groups excluding carboxylic acids is 3. The molecule has 1 rings (SSSR count). The summed E-state index contributed by atoms with van der Waals surface area (Å²) in [5, 5.41) is 2.46. The summed E-state index contributed by atoms with van der Waals surface area (Å²) < 4.78 is 0. The maximum Gasteiger partial charge on any atom is 0.324 e. The molecule has 0 aromatic heterocycles. The molecule has 1 N–H and O–H groups in total. The molecule has 0 saturated heterocycles. The first-order valence-corrected chi connectivity index (χ1v) is 5.86. The first-order valence-electron chi connectivity index (χ1n) is 5.86. The van der Waals surface area contributed by atoms with Gasteiger partial charge in [0.15, 0.2) is 0 Å². The number of nitrogens with one attached hydrogen (secondary N) is 1. The number of amides is 3. The highest BCUT2D eigenvalue weighted by Gasteiger charge is 2.18. The van der Waals surface area contributed by atoms with Crippen LogP contribution in [0.5, 0.6) is 0 Å². The molecule has 0 spiro atoms. The van der Waals surface area contributed by atoms with Gasteiger partial charge < -0.3 is 5.32 Å². The van der Waals surface area contributed by atoms with Crippen molar-refractivity contribution in [1.29, 1.82) is 0 Å². The van der Waals surface area contributed by atoms with Crippen LogP contribution in [-0.2, 0) is 9.59 Å². The van der Waals surface area contributed by atoms with Gasteiger partial charge in [0.2, 0.25) is 6.29 Å². The molecule has 0 unspecified atom stereocenters. The zero-order chi connectivity index (χ0) is 14.1. The molecule has 0 saturated carbocycles. The van der Waals surface area contributed by atoms with Gasteiger partial charge in [0, 0.05) is 12.6 Å². The van der Waals surface area contributed by atoms with Gasteiger partial charge >= 0.3 is 6.03 Å². The number of nitrogens with zero attached hydrogens (tertiary/aromatic N) is 1. The molecule has 0 atom stereocenters. The van der Waals surface area contributed by atoms with E-state index in [1.54, 1.807) is 19.3 Å². The fourth-order valence-corrected chi connectivity index (χ4v) is 1.38. The van der Waals surface area contributed by atoms with E-state index in [-0.39, 0.29) is 6.54 Å². The SMILES string of the molecule is CCNC(=O)N(C[C]=O)C(=O)C=Cc1ccccc1. The van der Waals surface area contributed by atoms with E-state index in [4.69, 9.17) is 0 Å². The largest absolute Gasteiger partial charge is 0.338 e. The number of urea groups is 1. The highest BCUT2D eigenvalue weighted by atomic mass is 16.2. The molecule has 0 bridgehead atoms. The highest BCUT2D eigenvalue weighted by molar-refractivity contribution is 6.03. The number of imide groups is 1. The zero-order valence-electron chi connectivity index (χ0n) is 10.6. The Morgan fingerprint density at radius 2 is 2.00 bits per heavy atom. The summed E-state index contributed by atoms with van der Waals surface area (Å²) in [4.78, 5) is 34.6. The monoisotopic (exact) mass is 259 g/mol. The van der Waals surface area contributed by atoms with E-state index in [0.717, 1.165) is 10.5 Å². The van der Waals surface area contributed by atoms with E-state index in [1.807, 2.05) is 30.3 Å². The first kappa shape index (κ1) is 14.6. The molecule has 3 amide bonds. The zero-order valence-corrected chi connectivity index (χ0v) is 10.6. The summed E-state index contributed by atoms with van der Waals surface area (Å²) >= 11 is 0. The van der Waals surface area contributed by atoms with Gasteiger partial charge in [-0.15, -0.1) is 0 Å². The van der Waals surface area contributed by atoms with Crippen LogP contribution in [-0.4, -0.2) is 36.2 Å². The summed E-state index contributed by atoms with van der Waals surface area (Å²) in [7, 11) is 0. The standard InChI is InChI=1S/C14H15N2O3/c1-2-15-14(19)16(10-11-17)13(18)9-8-12-6-4-3-5-7-12/h3-9H,2,10H2,1H3,(H,15,19). The van der Waals surface area contributed by atoms with Crippen LogP contribution in [0.1, 0.15) is 12.5 Å². The minimum absolute atomic E-state index is 0.379. The molecule has 19 heavy (non-hydrogen) atoms. The van der Waals surface area contributed by atoms with Crippen molar-refractivity contribution in [2.45, 2.75) is 6.92 Å². The van der Waals surface area contributed by atoms with E-state index >= 15 is 0 Å². The molecule has 0 fully saturated rings. The third-order valence-corrected chi connectivity index (χ3v) is 2.28. The lowest BCUT2D eigenvalue weighted by molar-refractivity contribution is -0.122. The number of benzene rings is 1. The van der Waals surface area contributed by atoms with Gasteiger partial charge in [0.25, 0.3) is 5.91 Å². The minimum Gasteiger partial charge on any atom is -0.338 e. The second-order valence-corrected chi connectivity index (χ2v) is 3.65. The molecule has 0 aliphatic rings. The van der Waals surface area contributed by atoms with Gasteiger partial charge in [-0.2, -0.15) is 0 Å². The Balaban J connectivity index is 2.74. The Morgan fingerprint density at radius 1 is 1.32 bits per heavy atom. The minimum atomic E-state index is -0.603. The first-order chi connectivity index (χ1) is 9.19. The van der Waals surface area contributed by atoms with E-state index in [9.17, 15) is 14.4 Å². The molecule has 1 aromatic carbocycles. The summed E-state index contributed by atoms with van der Waals surface area (Å²) in [5.74, 6) is -0.557. The van der Waals surface area contributed by atoms with Crippen LogP contribution in [0.15, 0.2) is 36.4 Å². The molecule has 5 nitrogen and oxygen atoms in total. The summed E-state index contributed by atoms with van der Waals surface area (Å²) in [5.41, 5.74) is 0.835. The molecular weight excluding hydrogens is 244 g/mol. The van der Waals surface area contributed by atoms with Gasteiger partial charge in [-0.05, 0) is 18.6 Å². The maximum atomic E-state index is 11.8. The third kappa shape index (κ3) is 4.75. The van der Waals surface area contributed by atoms with Gasteiger partial charge in [-0.25, -0.2) is 4.79 Å². The molecule has 99 valence electrons. The summed E-state index contributed by atoms with van der Waals surface area (Å²) in [6.07, 6.45) is 4.38. The Bertz CT molecular complexity index is 469. The lowest BCUT2D eigenvalue weighted by atomic mass is 10.2. The van der Waals surface area contributed by atoms with Gasteiger partial charge in [0.1, 0.15) is 0 Å². The summed E-state index contributed by atoms with van der Waals surface area (Å²) in [6.45, 7) is 1.72. The lowest BCUT2D eigenvalue weighted by Crippen LogP contribution is -2.43. The average molecular weight is 259 g/mol. The Kier molecular flexibility index (Phi) is 6.02. The van der Waals surface area contributed by atoms with Crippen LogP contribution < -0.4 is 5.32 Å². The van der Waals surface area contributed by atoms with Crippen LogP contribution in [0.4, 0.5) is 4.79 Å². The highest BCUT2D eigenvalue weighted by Crippen LogP contribution is 2.02. The van der Waals surface area contributed by atoms with Crippen LogP contribution in [0.25, 0.3) is 6.08 Å². The van der Waals surface area contributed by atoms with E-state index < -0.39 is 11.9 Å². The number of hydrogen-bond acceptors (Lipinski definition) is 3. The lowest BCUT2D eigenvalue weighted by Gasteiger charge is -2.16. The van der Waals surface area contributed by atoms with Crippen molar-refractivity contribution >= 4 is 24.3 Å². The van der Waals surface area contributed by atoms with Crippen molar-refractivity contribution in [3.8, 4) is 0 Å². The van der Waals surface area contributed by atoms with Crippen LogP contribution in [0.2, 0.25) is 0 Å². The second-order valence-electron chi connectivity index (χ2n) is 3.65. The Hall–Kier alpha value is -2.43. The predicted octanol–water partition coefficient (Wildman–Crippen LogP) is 1.37. The van der Waals surface area contributed by atoms with E-state index in [1.165, 1.54) is 6.08 Å². The quantitative estimate of drug-likeness (QED) is 0.812. The predicted molar refractivity (Wildman–Crippen MR) is 72.0 cm³/mol. The topological polar surface area (TPSA) is 66.5 Å². The Morgan fingerprint density at radius 3 is 2.58 bits per heavy atom. The number of rotatable bonds is 5. The third-order valence-electron chi connectivity index (χ3n) is 2.28. The number of carbonyl (C=O) groups is 2. The van der Waals surface area contributed by atoms with E-state index in [0.29, 0.717) is 6.54 Å². The molecule has 0 heterocycles. The number of hydrogen-bond donors (Lipinski definition) is 1. The molecule has 0 aliphatic heterocycles. The van der Waals surface area contributed by atoms with Crippen molar-refractivity contribution in [2.24, 2.45) is 0 Å². The maximum absolute atomic E-state index is 11.8. The fraction of sp³-hybridized carbons (Fsp3) is 0.214. The molecule has 1 aromatic rings. The van der Waals surface area contributed by atoms with Crippen LogP contribution >= 0.6 is 0 Å². The van der Waals surface area contributed by atoms with Gasteiger partial charge in [-0.1, -0.05) is 30.3 Å². The van der Waals surface area contributed by atoms with Gasteiger partial charge in [-0.3, -0.25) is 14.5 Å². The van der Waals surface area contributed by atoms with Crippen molar-refractivity contribution in [3.63, 3.8) is 0 Å². The van der Waals surface area contributed by atoms with Crippen molar-refractivity contribution < 1.29 is 14.4 Å². The van der Waals surface area contributed by atoms with Crippen molar-refractivity contribution in [3.05, 3.63) is 42.0 Å². The normalized spacial score (nSPS) is 10.2. The van der Waals surface area contributed by atoms with Crippen molar-refractivity contribution in [2.75, 3.05) is 13.1 Å². The molecular formula is C14H15N2O3. The van der Waals surface area contributed by atoms with Crippen LogP contribution in [0, 0.1) is 0 Å². The van der Waals surface area contributed by atoms with Gasteiger partial charge in [0.05, 0.1) is 6.54 Å². The molecule has 0 aliphatic carbocycles. The average Bonchev–Trinajstić information content (AvgIpc) is 2.43. The second kappa shape index (κ2) is 7.81. The summed E-state index contributed by atoms with van der Waals surface area (Å²) in [6, 6.07) is 8.59. The Labute approximate surface area is 111 Å². The van der Waals surface area contributed by atoms with E-state index in [2.05, 4.69) is 5.32 Å².